The monoisotopic (exact) mass is 240 g/mol. The van der Waals surface area contributed by atoms with E-state index >= 15 is 0 Å². The fourth-order valence-corrected chi connectivity index (χ4v) is 2.60. The highest BCUT2D eigenvalue weighted by Crippen LogP contribution is 2.37. The van der Waals surface area contributed by atoms with Crippen molar-refractivity contribution < 1.29 is 4.79 Å². The highest BCUT2D eigenvalue weighted by atomic mass is 32.2. The lowest BCUT2D eigenvalue weighted by atomic mass is 9.87. The average Bonchev–Trinajstić information content (AvgIpc) is 2.78. The van der Waals surface area contributed by atoms with E-state index in [4.69, 9.17) is 5.26 Å². The summed E-state index contributed by atoms with van der Waals surface area (Å²) in [5.74, 6) is 1.09. The Kier molecular flexibility index (Phi) is 5.68. The third kappa shape index (κ3) is 3.41. The first kappa shape index (κ1) is 13.4. The minimum atomic E-state index is -0.709. The summed E-state index contributed by atoms with van der Waals surface area (Å²) in [6.07, 6.45) is 7.71. The summed E-state index contributed by atoms with van der Waals surface area (Å²) in [7, 11) is 0. The zero-order valence-corrected chi connectivity index (χ0v) is 10.7. The SMILES string of the molecule is CSCCCCNC(=O)C1(C#N)CCCC1. The van der Waals surface area contributed by atoms with Crippen molar-refractivity contribution in [2.75, 3.05) is 18.6 Å². The van der Waals surface area contributed by atoms with E-state index in [1.54, 1.807) is 0 Å². The summed E-state index contributed by atoms with van der Waals surface area (Å²) < 4.78 is 0. The van der Waals surface area contributed by atoms with E-state index in [2.05, 4.69) is 17.6 Å². The van der Waals surface area contributed by atoms with Gasteiger partial charge >= 0.3 is 0 Å². The van der Waals surface area contributed by atoms with Gasteiger partial charge < -0.3 is 5.32 Å². The number of nitriles is 1. The third-order valence-corrected chi connectivity index (χ3v) is 3.86. The van der Waals surface area contributed by atoms with Crippen LogP contribution in [0.25, 0.3) is 0 Å². The Morgan fingerprint density at radius 1 is 1.44 bits per heavy atom. The summed E-state index contributed by atoms with van der Waals surface area (Å²) in [5.41, 5.74) is -0.709. The van der Waals surface area contributed by atoms with Crippen molar-refractivity contribution >= 4 is 17.7 Å². The number of hydrogen-bond acceptors (Lipinski definition) is 3. The van der Waals surface area contributed by atoms with Gasteiger partial charge in [0, 0.05) is 6.54 Å². The molecule has 1 saturated carbocycles. The quantitative estimate of drug-likeness (QED) is 0.725. The summed E-state index contributed by atoms with van der Waals surface area (Å²) in [4.78, 5) is 11.9. The Hall–Kier alpha value is -0.690. The fraction of sp³-hybridized carbons (Fsp3) is 0.833. The first-order valence-electron chi connectivity index (χ1n) is 5.94. The molecular weight excluding hydrogens is 220 g/mol. The van der Waals surface area contributed by atoms with Crippen LogP contribution in [0.4, 0.5) is 0 Å². The predicted molar refractivity (Wildman–Crippen MR) is 67.1 cm³/mol. The number of nitrogens with one attached hydrogen (secondary N) is 1. The molecule has 0 aromatic carbocycles. The molecule has 1 amide bonds. The number of unbranched alkanes of at least 4 members (excludes halogenated alkanes) is 1. The highest BCUT2D eigenvalue weighted by Gasteiger charge is 2.41. The molecule has 0 aromatic rings. The molecule has 0 saturated heterocycles. The van der Waals surface area contributed by atoms with Gasteiger partial charge in [-0.15, -0.1) is 0 Å². The van der Waals surface area contributed by atoms with Crippen molar-refractivity contribution in [2.24, 2.45) is 5.41 Å². The molecule has 1 N–H and O–H groups in total. The second-order valence-electron chi connectivity index (χ2n) is 4.36. The fourth-order valence-electron chi connectivity index (χ4n) is 2.11. The molecule has 1 aliphatic carbocycles. The third-order valence-electron chi connectivity index (χ3n) is 3.17. The molecule has 0 spiro atoms. The molecule has 0 aliphatic heterocycles. The van der Waals surface area contributed by atoms with Gasteiger partial charge in [0.25, 0.3) is 0 Å². The summed E-state index contributed by atoms with van der Waals surface area (Å²) >= 11 is 1.82. The van der Waals surface area contributed by atoms with Crippen LogP contribution < -0.4 is 5.32 Å². The lowest BCUT2D eigenvalue weighted by Gasteiger charge is -2.19. The van der Waals surface area contributed by atoms with Crippen molar-refractivity contribution in [3.8, 4) is 6.07 Å². The molecule has 0 bridgehead atoms. The van der Waals surface area contributed by atoms with Crippen molar-refractivity contribution in [1.82, 2.24) is 5.32 Å². The minimum Gasteiger partial charge on any atom is -0.355 e. The van der Waals surface area contributed by atoms with Gasteiger partial charge in [-0.05, 0) is 37.7 Å². The molecule has 1 aliphatic rings. The van der Waals surface area contributed by atoms with Crippen LogP contribution in [-0.2, 0) is 4.79 Å². The molecule has 0 unspecified atom stereocenters. The maximum absolute atomic E-state index is 11.9. The number of hydrogen-bond donors (Lipinski definition) is 1. The van der Waals surface area contributed by atoms with Gasteiger partial charge in [0.15, 0.2) is 0 Å². The number of carbonyl (C=O) groups is 1. The first-order valence-corrected chi connectivity index (χ1v) is 7.33. The summed E-state index contributed by atoms with van der Waals surface area (Å²) in [5, 5.41) is 12.0. The Morgan fingerprint density at radius 3 is 2.69 bits per heavy atom. The molecule has 0 heterocycles. The molecule has 0 aromatic heterocycles. The Balaban J connectivity index is 2.26. The van der Waals surface area contributed by atoms with Crippen LogP contribution in [0.3, 0.4) is 0 Å². The normalized spacial score (nSPS) is 18.0. The van der Waals surface area contributed by atoms with Crippen molar-refractivity contribution in [2.45, 2.75) is 38.5 Å². The van der Waals surface area contributed by atoms with Crippen LogP contribution in [0.5, 0.6) is 0 Å². The van der Waals surface area contributed by atoms with Crippen molar-refractivity contribution in [3.05, 3.63) is 0 Å². The van der Waals surface area contributed by atoms with E-state index in [1.807, 2.05) is 11.8 Å². The molecule has 16 heavy (non-hydrogen) atoms. The van der Waals surface area contributed by atoms with Crippen LogP contribution >= 0.6 is 11.8 Å². The average molecular weight is 240 g/mol. The van der Waals surface area contributed by atoms with Gasteiger partial charge in [0.2, 0.25) is 5.91 Å². The van der Waals surface area contributed by atoms with E-state index in [9.17, 15) is 4.79 Å². The maximum atomic E-state index is 11.9. The van der Waals surface area contributed by atoms with Crippen LogP contribution in [-0.4, -0.2) is 24.5 Å². The molecular formula is C12H20N2OS. The van der Waals surface area contributed by atoms with Crippen LogP contribution in [0.2, 0.25) is 0 Å². The first-order chi connectivity index (χ1) is 7.75. The van der Waals surface area contributed by atoms with E-state index < -0.39 is 5.41 Å². The maximum Gasteiger partial charge on any atom is 0.240 e. The molecule has 1 rings (SSSR count). The number of amides is 1. The van der Waals surface area contributed by atoms with E-state index in [1.165, 1.54) is 0 Å². The van der Waals surface area contributed by atoms with Gasteiger partial charge in [-0.25, -0.2) is 0 Å². The molecule has 90 valence electrons. The Bertz CT molecular complexity index is 267. The van der Waals surface area contributed by atoms with Crippen molar-refractivity contribution in [1.29, 1.82) is 5.26 Å². The van der Waals surface area contributed by atoms with Gasteiger partial charge in [0.05, 0.1) is 6.07 Å². The number of carbonyl (C=O) groups excluding carboxylic acids is 1. The Labute approximate surface area is 102 Å². The molecule has 4 heteroatoms. The van der Waals surface area contributed by atoms with E-state index in [-0.39, 0.29) is 5.91 Å². The zero-order chi connectivity index (χ0) is 11.9. The second kappa shape index (κ2) is 6.80. The van der Waals surface area contributed by atoms with E-state index in [0.717, 1.165) is 44.3 Å². The molecule has 0 radical (unpaired) electrons. The largest absolute Gasteiger partial charge is 0.355 e. The Morgan fingerprint density at radius 2 is 2.12 bits per heavy atom. The minimum absolute atomic E-state index is 0.0448. The lowest BCUT2D eigenvalue weighted by Crippen LogP contribution is -2.38. The standard InChI is InChI=1S/C12H20N2OS/c1-16-9-5-4-8-14-11(15)12(10-13)6-2-3-7-12/h2-9H2,1H3,(H,14,15). The molecule has 0 atom stereocenters. The number of thioether (sulfide) groups is 1. The van der Waals surface area contributed by atoms with Gasteiger partial charge in [0.1, 0.15) is 5.41 Å². The zero-order valence-electron chi connectivity index (χ0n) is 9.92. The van der Waals surface area contributed by atoms with Crippen LogP contribution in [0.1, 0.15) is 38.5 Å². The number of rotatable bonds is 6. The van der Waals surface area contributed by atoms with Crippen LogP contribution in [0.15, 0.2) is 0 Å². The van der Waals surface area contributed by atoms with Gasteiger partial charge in [-0.1, -0.05) is 12.8 Å². The second-order valence-corrected chi connectivity index (χ2v) is 5.34. The highest BCUT2D eigenvalue weighted by molar-refractivity contribution is 7.98. The topological polar surface area (TPSA) is 52.9 Å². The van der Waals surface area contributed by atoms with E-state index in [0.29, 0.717) is 6.54 Å². The predicted octanol–water partition coefficient (Wildman–Crippen LogP) is 2.33. The summed E-state index contributed by atoms with van der Waals surface area (Å²) in [6, 6.07) is 2.21. The molecule has 1 fully saturated rings. The summed E-state index contributed by atoms with van der Waals surface area (Å²) in [6.45, 7) is 0.711. The lowest BCUT2D eigenvalue weighted by molar-refractivity contribution is -0.127. The number of nitrogens with zero attached hydrogens (tertiary/aromatic N) is 1. The van der Waals surface area contributed by atoms with Crippen molar-refractivity contribution in [3.63, 3.8) is 0 Å². The molecule has 3 nitrogen and oxygen atoms in total. The van der Waals surface area contributed by atoms with Gasteiger partial charge in [-0.3, -0.25) is 4.79 Å². The smallest absolute Gasteiger partial charge is 0.240 e. The van der Waals surface area contributed by atoms with Gasteiger partial charge in [-0.2, -0.15) is 17.0 Å². The van der Waals surface area contributed by atoms with Crippen LogP contribution in [0, 0.1) is 16.7 Å².